The zero-order valence-corrected chi connectivity index (χ0v) is 9.46. The van der Waals surface area contributed by atoms with Crippen molar-refractivity contribution >= 4 is 21.6 Å². The molecule has 0 atom stereocenters. The van der Waals surface area contributed by atoms with Gasteiger partial charge in [-0.2, -0.15) is 0 Å². The molecule has 4 heteroatoms. The Morgan fingerprint density at radius 2 is 1.92 bits per heavy atom. The van der Waals surface area contributed by atoms with Crippen molar-refractivity contribution in [1.82, 2.24) is 0 Å². The van der Waals surface area contributed by atoms with Crippen LogP contribution in [0.4, 0.5) is 5.69 Å². The molecule has 0 aromatic heterocycles. The number of hydrogen-bond acceptors (Lipinski definition) is 2. The van der Waals surface area contributed by atoms with Crippen molar-refractivity contribution < 1.29 is 4.92 Å². The van der Waals surface area contributed by atoms with Crippen LogP contribution in [0.3, 0.4) is 0 Å². The van der Waals surface area contributed by atoms with Crippen LogP contribution in [-0.4, -0.2) is 4.92 Å². The minimum atomic E-state index is -0.406. The van der Waals surface area contributed by atoms with Crippen LogP contribution in [0.25, 0.3) is 0 Å². The topological polar surface area (TPSA) is 43.1 Å². The van der Waals surface area contributed by atoms with Gasteiger partial charge in [-0.25, -0.2) is 0 Å². The Kier molecular flexibility index (Phi) is 5.30. The molecule has 0 aliphatic heterocycles. The van der Waals surface area contributed by atoms with Crippen LogP contribution in [0.2, 0.25) is 0 Å². The predicted octanol–water partition coefficient (Wildman–Crippen LogP) is 3.69. The molecule has 0 N–H and O–H groups in total. The van der Waals surface area contributed by atoms with Gasteiger partial charge in [0.1, 0.15) is 0 Å². The molecule has 0 aliphatic carbocycles. The highest BCUT2D eigenvalue weighted by molar-refractivity contribution is 9.10. The minimum absolute atomic E-state index is 0.116. The average molecular weight is 246 g/mol. The number of halogens is 1. The highest BCUT2D eigenvalue weighted by Crippen LogP contribution is 2.24. The molecule has 72 valence electrons. The third-order valence-electron chi connectivity index (χ3n) is 1.30. The fraction of sp³-hybridized carbons (Fsp3) is 0.333. The molecule has 0 saturated heterocycles. The van der Waals surface area contributed by atoms with E-state index in [1.54, 1.807) is 6.07 Å². The summed E-state index contributed by atoms with van der Waals surface area (Å²) in [5.74, 6) is 0. The highest BCUT2D eigenvalue weighted by atomic mass is 79.9. The maximum absolute atomic E-state index is 10.3. The molecule has 0 aliphatic rings. The van der Waals surface area contributed by atoms with Crippen LogP contribution < -0.4 is 0 Å². The van der Waals surface area contributed by atoms with E-state index in [0.717, 1.165) is 5.56 Å². The molecule has 0 saturated carbocycles. The number of rotatable bonds is 1. The monoisotopic (exact) mass is 245 g/mol. The molecule has 0 unspecified atom stereocenters. The molecule has 1 rings (SSSR count). The molecule has 0 bridgehead atoms. The van der Waals surface area contributed by atoms with Gasteiger partial charge in [-0.15, -0.1) is 0 Å². The Hall–Kier alpha value is -0.900. The van der Waals surface area contributed by atoms with Crippen molar-refractivity contribution in [2.75, 3.05) is 0 Å². The van der Waals surface area contributed by atoms with Crippen LogP contribution >= 0.6 is 15.9 Å². The summed E-state index contributed by atoms with van der Waals surface area (Å²) < 4.78 is 0.521. The first-order valence-electron chi connectivity index (χ1n) is 4.02. The van der Waals surface area contributed by atoms with Gasteiger partial charge >= 0.3 is 0 Å². The Bertz CT molecular complexity index is 300. The lowest BCUT2D eigenvalue weighted by molar-refractivity contribution is -0.385. The van der Waals surface area contributed by atoms with Gasteiger partial charge in [0.05, 0.1) is 9.40 Å². The standard InChI is InChI=1S/C7H6BrNO2.C2H6/c1-5-2-3-6(8)7(4-5)9(10)11;1-2/h2-4H,1H3;1-2H3. The molecule has 0 heterocycles. The fourth-order valence-corrected chi connectivity index (χ4v) is 1.15. The van der Waals surface area contributed by atoms with Crippen molar-refractivity contribution in [2.24, 2.45) is 0 Å². The fourth-order valence-electron chi connectivity index (χ4n) is 0.763. The van der Waals surface area contributed by atoms with E-state index < -0.39 is 4.92 Å². The Labute approximate surface area is 86.1 Å². The number of nitrogens with zero attached hydrogens (tertiary/aromatic N) is 1. The third kappa shape index (κ3) is 3.55. The maximum atomic E-state index is 10.3. The molecular formula is C9H12BrNO2. The molecule has 0 amide bonds. The van der Waals surface area contributed by atoms with Crippen LogP contribution in [0.1, 0.15) is 19.4 Å². The second-order valence-corrected chi connectivity index (χ2v) is 3.07. The molecule has 0 fully saturated rings. The SMILES string of the molecule is CC.Cc1ccc(Br)c([N+](=O)[O-])c1. The van der Waals surface area contributed by atoms with E-state index in [9.17, 15) is 10.1 Å². The Balaban J connectivity index is 0.000000671. The van der Waals surface area contributed by atoms with E-state index in [4.69, 9.17) is 0 Å². The van der Waals surface area contributed by atoms with E-state index in [2.05, 4.69) is 15.9 Å². The third-order valence-corrected chi connectivity index (χ3v) is 1.97. The second-order valence-electron chi connectivity index (χ2n) is 2.21. The van der Waals surface area contributed by atoms with Gasteiger partial charge in [-0.1, -0.05) is 19.9 Å². The smallest absolute Gasteiger partial charge is 0.258 e. The van der Waals surface area contributed by atoms with Crippen LogP contribution in [0, 0.1) is 17.0 Å². The van der Waals surface area contributed by atoms with E-state index in [1.165, 1.54) is 6.07 Å². The quantitative estimate of drug-likeness (QED) is 0.560. The molecule has 3 nitrogen and oxygen atoms in total. The summed E-state index contributed by atoms with van der Waals surface area (Å²) in [5.41, 5.74) is 1.00. The summed E-state index contributed by atoms with van der Waals surface area (Å²) in [7, 11) is 0. The first kappa shape index (κ1) is 12.1. The van der Waals surface area contributed by atoms with Gasteiger partial charge in [0.15, 0.2) is 0 Å². The lowest BCUT2D eigenvalue weighted by Crippen LogP contribution is -1.89. The lowest BCUT2D eigenvalue weighted by Gasteiger charge is -1.95. The van der Waals surface area contributed by atoms with E-state index >= 15 is 0 Å². The number of hydrogen-bond donors (Lipinski definition) is 0. The number of benzene rings is 1. The average Bonchev–Trinajstić information content (AvgIpc) is 2.12. The summed E-state index contributed by atoms with van der Waals surface area (Å²) in [5, 5.41) is 10.3. The van der Waals surface area contributed by atoms with Gasteiger partial charge in [-0.3, -0.25) is 10.1 Å². The normalized spacial score (nSPS) is 8.62. The first-order valence-corrected chi connectivity index (χ1v) is 4.81. The Morgan fingerprint density at radius 1 is 1.38 bits per heavy atom. The minimum Gasteiger partial charge on any atom is -0.258 e. The molecule has 1 aromatic rings. The van der Waals surface area contributed by atoms with E-state index in [-0.39, 0.29) is 5.69 Å². The Morgan fingerprint density at radius 3 is 2.31 bits per heavy atom. The number of nitro benzene ring substituents is 1. The van der Waals surface area contributed by atoms with Crippen LogP contribution in [0.15, 0.2) is 22.7 Å². The lowest BCUT2D eigenvalue weighted by atomic mass is 10.2. The largest absolute Gasteiger partial charge is 0.283 e. The summed E-state index contributed by atoms with van der Waals surface area (Å²) in [6, 6.07) is 5.02. The summed E-state index contributed by atoms with van der Waals surface area (Å²) in [6.45, 7) is 5.82. The molecule has 1 aromatic carbocycles. The summed E-state index contributed by atoms with van der Waals surface area (Å²) >= 11 is 3.09. The second kappa shape index (κ2) is 5.70. The van der Waals surface area contributed by atoms with Crippen molar-refractivity contribution in [3.63, 3.8) is 0 Å². The summed E-state index contributed by atoms with van der Waals surface area (Å²) in [4.78, 5) is 9.94. The highest BCUT2D eigenvalue weighted by Gasteiger charge is 2.09. The van der Waals surface area contributed by atoms with Crippen molar-refractivity contribution in [1.29, 1.82) is 0 Å². The van der Waals surface area contributed by atoms with Gasteiger partial charge < -0.3 is 0 Å². The van der Waals surface area contributed by atoms with Crippen molar-refractivity contribution in [2.45, 2.75) is 20.8 Å². The zero-order valence-electron chi connectivity index (χ0n) is 7.87. The molecular weight excluding hydrogens is 234 g/mol. The van der Waals surface area contributed by atoms with E-state index in [1.807, 2.05) is 26.8 Å². The van der Waals surface area contributed by atoms with E-state index in [0.29, 0.717) is 4.47 Å². The molecule has 0 radical (unpaired) electrons. The van der Waals surface area contributed by atoms with Gasteiger partial charge in [0.2, 0.25) is 0 Å². The zero-order chi connectivity index (χ0) is 10.4. The van der Waals surface area contributed by atoms with Crippen LogP contribution in [-0.2, 0) is 0 Å². The van der Waals surface area contributed by atoms with Crippen LogP contribution in [0.5, 0.6) is 0 Å². The van der Waals surface area contributed by atoms with Crippen molar-refractivity contribution in [3.8, 4) is 0 Å². The first-order chi connectivity index (χ1) is 6.11. The van der Waals surface area contributed by atoms with Gasteiger partial charge in [0.25, 0.3) is 5.69 Å². The summed E-state index contributed by atoms with van der Waals surface area (Å²) in [6.07, 6.45) is 0. The molecule has 0 spiro atoms. The predicted molar refractivity (Wildman–Crippen MR) is 56.9 cm³/mol. The maximum Gasteiger partial charge on any atom is 0.283 e. The van der Waals surface area contributed by atoms with Crippen molar-refractivity contribution in [3.05, 3.63) is 38.3 Å². The number of aryl methyl sites for hydroxylation is 1. The molecule has 13 heavy (non-hydrogen) atoms. The number of nitro groups is 1. The van der Waals surface area contributed by atoms with Gasteiger partial charge in [-0.05, 0) is 34.5 Å². The van der Waals surface area contributed by atoms with Gasteiger partial charge in [0, 0.05) is 6.07 Å².